The van der Waals surface area contributed by atoms with Crippen LogP contribution in [0.5, 0.6) is 5.75 Å². The SMILES string of the molecule is COc1ccc(NC(=S)NNC(=O)c2ccccc2Cl)cc1. The van der Waals surface area contributed by atoms with E-state index < -0.39 is 0 Å². The zero-order valence-electron chi connectivity index (χ0n) is 11.7. The Balaban J connectivity index is 1.87. The highest BCUT2D eigenvalue weighted by molar-refractivity contribution is 7.80. The summed E-state index contributed by atoms with van der Waals surface area (Å²) in [6.07, 6.45) is 0. The minimum atomic E-state index is -0.371. The van der Waals surface area contributed by atoms with Crippen molar-refractivity contribution in [3.05, 3.63) is 59.1 Å². The second-order valence-electron chi connectivity index (χ2n) is 4.24. The van der Waals surface area contributed by atoms with Gasteiger partial charge in [0.15, 0.2) is 5.11 Å². The summed E-state index contributed by atoms with van der Waals surface area (Å²) in [5.74, 6) is 0.376. The lowest BCUT2D eigenvalue weighted by Crippen LogP contribution is -2.43. The van der Waals surface area contributed by atoms with Gasteiger partial charge in [-0.1, -0.05) is 23.7 Å². The summed E-state index contributed by atoms with van der Waals surface area (Å²) in [6.45, 7) is 0. The molecule has 0 atom stereocenters. The Hall–Kier alpha value is -2.31. The number of amides is 1. The van der Waals surface area contributed by atoms with Crippen LogP contribution in [-0.4, -0.2) is 18.1 Å². The van der Waals surface area contributed by atoms with Crippen molar-refractivity contribution in [2.24, 2.45) is 0 Å². The van der Waals surface area contributed by atoms with Crippen molar-refractivity contribution < 1.29 is 9.53 Å². The van der Waals surface area contributed by atoms with Crippen LogP contribution >= 0.6 is 23.8 Å². The van der Waals surface area contributed by atoms with Gasteiger partial charge in [-0.2, -0.15) is 0 Å². The van der Waals surface area contributed by atoms with Crippen LogP contribution < -0.4 is 20.9 Å². The van der Waals surface area contributed by atoms with Gasteiger partial charge >= 0.3 is 0 Å². The lowest BCUT2D eigenvalue weighted by atomic mass is 10.2. The summed E-state index contributed by atoms with van der Waals surface area (Å²) in [4.78, 5) is 11.9. The minimum absolute atomic E-state index is 0.255. The zero-order chi connectivity index (χ0) is 15.9. The molecular weight excluding hydrogens is 322 g/mol. The van der Waals surface area contributed by atoms with Gasteiger partial charge in [0.1, 0.15) is 5.75 Å². The Morgan fingerprint density at radius 2 is 1.77 bits per heavy atom. The number of methoxy groups -OCH3 is 1. The first kappa shape index (κ1) is 16.1. The minimum Gasteiger partial charge on any atom is -0.497 e. The quantitative estimate of drug-likeness (QED) is 0.594. The van der Waals surface area contributed by atoms with Gasteiger partial charge < -0.3 is 10.1 Å². The molecule has 2 rings (SSSR count). The normalized spacial score (nSPS) is 9.73. The highest BCUT2D eigenvalue weighted by atomic mass is 35.5. The number of ether oxygens (including phenoxy) is 1. The Kier molecular flexibility index (Phi) is 5.57. The van der Waals surface area contributed by atoms with Crippen molar-refractivity contribution >= 4 is 40.5 Å². The van der Waals surface area contributed by atoms with Gasteiger partial charge in [0.2, 0.25) is 0 Å². The average Bonchev–Trinajstić information content (AvgIpc) is 2.54. The Morgan fingerprint density at radius 3 is 2.41 bits per heavy atom. The fraction of sp³-hybridized carbons (Fsp3) is 0.0667. The van der Waals surface area contributed by atoms with Gasteiger partial charge in [-0.15, -0.1) is 0 Å². The van der Waals surface area contributed by atoms with E-state index in [2.05, 4.69) is 16.2 Å². The third-order valence-corrected chi connectivity index (χ3v) is 3.29. The molecule has 0 heterocycles. The van der Waals surface area contributed by atoms with Gasteiger partial charge in [0.25, 0.3) is 5.91 Å². The molecule has 0 bridgehead atoms. The molecule has 2 aromatic carbocycles. The van der Waals surface area contributed by atoms with Crippen LogP contribution in [0, 0.1) is 0 Å². The van der Waals surface area contributed by atoms with Gasteiger partial charge in [-0.3, -0.25) is 15.6 Å². The highest BCUT2D eigenvalue weighted by Crippen LogP contribution is 2.15. The predicted octanol–water partition coefficient (Wildman–Crippen LogP) is 2.98. The van der Waals surface area contributed by atoms with E-state index in [0.29, 0.717) is 10.6 Å². The Morgan fingerprint density at radius 1 is 1.09 bits per heavy atom. The second kappa shape index (κ2) is 7.63. The molecule has 0 fully saturated rings. The Bertz CT molecular complexity index is 677. The third kappa shape index (κ3) is 4.34. The van der Waals surface area contributed by atoms with E-state index in [1.165, 1.54) is 0 Å². The van der Waals surface area contributed by atoms with Gasteiger partial charge in [0.05, 0.1) is 17.7 Å². The number of anilines is 1. The summed E-state index contributed by atoms with van der Waals surface area (Å²) in [7, 11) is 1.60. The molecule has 0 unspecified atom stereocenters. The molecule has 1 amide bonds. The monoisotopic (exact) mass is 335 g/mol. The van der Waals surface area contributed by atoms with Crippen molar-refractivity contribution in [1.29, 1.82) is 0 Å². The molecule has 0 spiro atoms. The van der Waals surface area contributed by atoms with Crippen molar-refractivity contribution in [2.45, 2.75) is 0 Å². The molecule has 0 saturated heterocycles. The molecule has 22 heavy (non-hydrogen) atoms. The number of hydrogen-bond donors (Lipinski definition) is 3. The van der Waals surface area contributed by atoms with Gasteiger partial charge in [0, 0.05) is 5.69 Å². The summed E-state index contributed by atoms with van der Waals surface area (Å²) in [5.41, 5.74) is 6.23. The number of rotatable bonds is 3. The van der Waals surface area contributed by atoms with Crippen molar-refractivity contribution in [2.75, 3.05) is 12.4 Å². The van der Waals surface area contributed by atoms with Crippen molar-refractivity contribution in [3.8, 4) is 5.75 Å². The molecule has 3 N–H and O–H groups in total. The van der Waals surface area contributed by atoms with E-state index in [9.17, 15) is 4.79 Å². The number of carbonyl (C=O) groups is 1. The molecule has 0 saturated carbocycles. The predicted molar refractivity (Wildman–Crippen MR) is 91.3 cm³/mol. The number of nitrogens with one attached hydrogen (secondary N) is 3. The smallest absolute Gasteiger partial charge is 0.271 e. The van der Waals surface area contributed by atoms with Crippen LogP contribution in [0.2, 0.25) is 5.02 Å². The number of hydrazine groups is 1. The number of halogens is 1. The maximum absolute atomic E-state index is 11.9. The average molecular weight is 336 g/mol. The molecule has 7 heteroatoms. The third-order valence-electron chi connectivity index (χ3n) is 2.76. The number of carbonyl (C=O) groups excluding carboxylic acids is 1. The fourth-order valence-electron chi connectivity index (χ4n) is 1.66. The first-order valence-electron chi connectivity index (χ1n) is 6.36. The summed E-state index contributed by atoms with van der Waals surface area (Å²) in [5, 5.41) is 3.56. The van der Waals surface area contributed by atoms with E-state index in [0.717, 1.165) is 11.4 Å². The summed E-state index contributed by atoms with van der Waals surface area (Å²) < 4.78 is 5.07. The highest BCUT2D eigenvalue weighted by Gasteiger charge is 2.09. The molecule has 0 aliphatic carbocycles. The van der Waals surface area contributed by atoms with Crippen molar-refractivity contribution in [3.63, 3.8) is 0 Å². The number of benzene rings is 2. The second-order valence-corrected chi connectivity index (χ2v) is 5.06. The largest absolute Gasteiger partial charge is 0.497 e. The van der Waals surface area contributed by atoms with E-state index in [4.69, 9.17) is 28.6 Å². The molecule has 5 nitrogen and oxygen atoms in total. The van der Waals surface area contributed by atoms with Crippen LogP contribution in [0.3, 0.4) is 0 Å². The summed E-state index contributed by atoms with van der Waals surface area (Å²) >= 11 is 11.0. The van der Waals surface area contributed by atoms with Crippen LogP contribution in [0.25, 0.3) is 0 Å². The molecule has 0 radical (unpaired) electrons. The standard InChI is InChI=1S/C15H14ClN3O2S/c1-21-11-8-6-10(7-9-11)17-15(22)19-18-14(20)12-4-2-3-5-13(12)16/h2-9H,1H3,(H,18,20)(H2,17,19,22). The maximum atomic E-state index is 11.9. The number of thiocarbonyl (C=S) groups is 1. The Labute approximate surface area is 138 Å². The molecule has 2 aromatic rings. The fourth-order valence-corrected chi connectivity index (χ4v) is 2.05. The lowest BCUT2D eigenvalue weighted by molar-refractivity contribution is 0.0944. The van der Waals surface area contributed by atoms with E-state index in [1.807, 2.05) is 12.1 Å². The van der Waals surface area contributed by atoms with Crippen LogP contribution in [0.15, 0.2) is 48.5 Å². The maximum Gasteiger partial charge on any atom is 0.271 e. The molecule has 0 aromatic heterocycles. The van der Waals surface area contributed by atoms with E-state index in [1.54, 1.807) is 43.5 Å². The lowest BCUT2D eigenvalue weighted by Gasteiger charge is -2.12. The van der Waals surface area contributed by atoms with E-state index in [-0.39, 0.29) is 11.0 Å². The summed E-state index contributed by atoms with van der Waals surface area (Å²) in [6, 6.07) is 14.0. The molecule has 0 aliphatic rings. The van der Waals surface area contributed by atoms with Crippen LogP contribution in [0.1, 0.15) is 10.4 Å². The van der Waals surface area contributed by atoms with Gasteiger partial charge in [-0.25, -0.2) is 0 Å². The zero-order valence-corrected chi connectivity index (χ0v) is 13.3. The first-order valence-corrected chi connectivity index (χ1v) is 7.14. The van der Waals surface area contributed by atoms with Gasteiger partial charge in [-0.05, 0) is 48.6 Å². The molecule has 114 valence electrons. The van der Waals surface area contributed by atoms with E-state index >= 15 is 0 Å². The topological polar surface area (TPSA) is 62.4 Å². The van der Waals surface area contributed by atoms with Crippen LogP contribution in [-0.2, 0) is 0 Å². The molecular formula is C15H14ClN3O2S. The molecule has 0 aliphatic heterocycles. The number of hydrogen-bond acceptors (Lipinski definition) is 3. The first-order chi connectivity index (χ1) is 10.6. The van der Waals surface area contributed by atoms with Crippen LogP contribution in [0.4, 0.5) is 5.69 Å². The van der Waals surface area contributed by atoms with Crippen molar-refractivity contribution in [1.82, 2.24) is 10.9 Å².